The first-order valence-electron chi connectivity index (χ1n) is 9.20. The van der Waals surface area contributed by atoms with Gasteiger partial charge in [0.1, 0.15) is 11.6 Å². The number of aromatic nitrogens is 1. The highest BCUT2D eigenvalue weighted by Gasteiger charge is 2.23. The van der Waals surface area contributed by atoms with Crippen molar-refractivity contribution < 1.29 is 9.53 Å². The molecule has 1 aromatic heterocycles. The molecule has 0 radical (unpaired) electrons. The summed E-state index contributed by atoms with van der Waals surface area (Å²) < 4.78 is 5.23. The number of carbonyl (C=O) groups is 1. The molecule has 5 nitrogen and oxygen atoms in total. The Morgan fingerprint density at radius 1 is 1.00 bits per heavy atom. The zero-order chi connectivity index (χ0) is 18.8. The van der Waals surface area contributed by atoms with Gasteiger partial charge in [-0.2, -0.15) is 0 Å². The Balaban J connectivity index is 1.48. The van der Waals surface area contributed by atoms with Gasteiger partial charge in [-0.1, -0.05) is 24.3 Å². The highest BCUT2D eigenvalue weighted by atomic mass is 16.5. The largest absolute Gasteiger partial charge is 0.497 e. The Hall–Kier alpha value is -3.08. The number of rotatable bonds is 3. The molecule has 0 spiro atoms. The van der Waals surface area contributed by atoms with Gasteiger partial charge in [-0.3, -0.25) is 4.79 Å². The Morgan fingerprint density at radius 2 is 1.78 bits per heavy atom. The van der Waals surface area contributed by atoms with Gasteiger partial charge in [-0.05, 0) is 42.8 Å². The molecule has 0 saturated carbocycles. The summed E-state index contributed by atoms with van der Waals surface area (Å²) in [7, 11) is 1.61. The van der Waals surface area contributed by atoms with E-state index in [1.165, 1.54) is 10.9 Å². The zero-order valence-corrected chi connectivity index (χ0v) is 15.7. The zero-order valence-electron chi connectivity index (χ0n) is 15.7. The second-order valence-electron chi connectivity index (χ2n) is 6.83. The molecule has 0 aliphatic carbocycles. The van der Waals surface area contributed by atoms with E-state index in [2.05, 4.69) is 24.0 Å². The number of ether oxygens (including phenoxy) is 1. The molecular weight excluding hydrogens is 338 g/mol. The van der Waals surface area contributed by atoms with Gasteiger partial charge < -0.3 is 14.5 Å². The lowest BCUT2D eigenvalue weighted by Gasteiger charge is -2.35. The molecule has 3 aromatic rings. The maximum atomic E-state index is 12.8. The van der Waals surface area contributed by atoms with Gasteiger partial charge in [0.25, 0.3) is 5.91 Å². The molecule has 27 heavy (non-hydrogen) atoms. The lowest BCUT2D eigenvalue weighted by molar-refractivity contribution is 0.0746. The van der Waals surface area contributed by atoms with Crippen LogP contribution < -0.4 is 9.64 Å². The van der Waals surface area contributed by atoms with Crippen molar-refractivity contribution in [2.45, 2.75) is 6.92 Å². The van der Waals surface area contributed by atoms with Crippen molar-refractivity contribution in [2.75, 3.05) is 38.2 Å². The van der Waals surface area contributed by atoms with Crippen LogP contribution in [0.4, 0.5) is 5.82 Å². The van der Waals surface area contributed by atoms with Crippen LogP contribution in [0.15, 0.2) is 54.6 Å². The summed E-state index contributed by atoms with van der Waals surface area (Å²) in [4.78, 5) is 21.8. The monoisotopic (exact) mass is 361 g/mol. The van der Waals surface area contributed by atoms with E-state index < -0.39 is 0 Å². The van der Waals surface area contributed by atoms with Crippen LogP contribution >= 0.6 is 0 Å². The molecule has 138 valence electrons. The number of hydrogen-bond acceptors (Lipinski definition) is 4. The van der Waals surface area contributed by atoms with E-state index in [0.29, 0.717) is 24.4 Å². The van der Waals surface area contributed by atoms with Gasteiger partial charge in [0.05, 0.1) is 12.6 Å². The number of benzene rings is 2. The van der Waals surface area contributed by atoms with Crippen LogP contribution in [-0.4, -0.2) is 49.1 Å². The molecule has 1 saturated heterocycles. The van der Waals surface area contributed by atoms with Gasteiger partial charge in [0.2, 0.25) is 0 Å². The molecule has 2 heterocycles. The second-order valence-corrected chi connectivity index (χ2v) is 6.83. The van der Waals surface area contributed by atoms with Crippen LogP contribution in [0, 0.1) is 6.92 Å². The van der Waals surface area contributed by atoms with Crippen LogP contribution in [0.3, 0.4) is 0 Å². The van der Waals surface area contributed by atoms with Crippen molar-refractivity contribution in [1.82, 2.24) is 9.88 Å². The predicted octanol–water partition coefficient (Wildman–Crippen LogP) is 3.51. The number of amides is 1. The fraction of sp³-hybridized carbons (Fsp3) is 0.273. The van der Waals surface area contributed by atoms with Crippen molar-refractivity contribution in [3.8, 4) is 5.75 Å². The van der Waals surface area contributed by atoms with Crippen molar-refractivity contribution in [1.29, 1.82) is 0 Å². The quantitative estimate of drug-likeness (QED) is 0.716. The van der Waals surface area contributed by atoms with E-state index >= 15 is 0 Å². The lowest BCUT2D eigenvalue weighted by atomic mass is 10.1. The molecule has 2 aromatic carbocycles. The van der Waals surface area contributed by atoms with Gasteiger partial charge >= 0.3 is 0 Å². The summed E-state index contributed by atoms with van der Waals surface area (Å²) in [6, 6.07) is 17.7. The highest BCUT2D eigenvalue weighted by Crippen LogP contribution is 2.23. The number of anilines is 1. The van der Waals surface area contributed by atoms with Crippen LogP contribution in [0.1, 0.15) is 15.9 Å². The van der Waals surface area contributed by atoms with Crippen LogP contribution in [0.25, 0.3) is 10.9 Å². The summed E-state index contributed by atoms with van der Waals surface area (Å²) in [5.41, 5.74) is 2.91. The number of fused-ring (bicyclic) bond motifs is 1. The van der Waals surface area contributed by atoms with Crippen LogP contribution in [0.2, 0.25) is 0 Å². The molecule has 1 fully saturated rings. The second kappa shape index (κ2) is 7.27. The minimum Gasteiger partial charge on any atom is -0.497 e. The van der Waals surface area contributed by atoms with E-state index in [0.717, 1.165) is 24.4 Å². The third-order valence-corrected chi connectivity index (χ3v) is 5.12. The number of aryl methyl sites for hydroxylation is 1. The lowest BCUT2D eigenvalue weighted by Crippen LogP contribution is -2.49. The molecule has 0 unspecified atom stereocenters. The molecule has 0 bridgehead atoms. The molecule has 0 atom stereocenters. The van der Waals surface area contributed by atoms with Crippen molar-refractivity contribution in [3.63, 3.8) is 0 Å². The summed E-state index contributed by atoms with van der Waals surface area (Å²) in [6.45, 7) is 5.05. The fourth-order valence-corrected chi connectivity index (χ4v) is 3.57. The molecule has 0 N–H and O–H groups in total. The number of methoxy groups -OCH3 is 1. The third-order valence-electron chi connectivity index (χ3n) is 5.12. The van der Waals surface area contributed by atoms with Crippen molar-refractivity contribution in [3.05, 3.63) is 65.7 Å². The minimum atomic E-state index is 0.0520. The molecule has 1 aliphatic rings. The summed E-state index contributed by atoms with van der Waals surface area (Å²) >= 11 is 0. The number of carbonyl (C=O) groups excluding carboxylic acids is 1. The first-order chi connectivity index (χ1) is 13.2. The summed E-state index contributed by atoms with van der Waals surface area (Å²) in [6.07, 6.45) is 0. The van der Waals surface area contributed by atoms with Crippen LogP contribution in [0.5, 0.6) is 5.75 Å². The summed E-state index contributed by atoms with van der Waals surface area (Å²) in [5.74, 6) is 1.74. The van der Waals surface area contributed by atoms with Crippen molar-refractivity contribution in [2.24, 2.45) is 0 Å². The number of pyridine rings is 1. The first-order valence-corrected chi connectivity index (χ1v) is 9.20. The Labute approximate surface area is 159 Å². The Bertz CT molecular complexity index is 978. The Morgan fingerprint density at radius 3 is 2.56 bits per heavy atom. The molecule has 4 rings (SSSR count). The smallest absolute Gasteiger partial charge is 0.254 e. The average Bonchev–Trinajstić information content (AvgIpc) is 2.73. The van der Waals surface area contributed by atoms with Gasteiger partial charge in [0, 0.05) is 37.1 Å². The number of piperazine rings is 1. The van der Waals surface area contributed by atoms with E-state index in [-0.39, 0.29) is 5.91 Å². The fourth-order valence-electron chi connectivity index (χ4n) is 3.57. The molecule has 1 amide bonds. The molecule has 5 heteroatoms. The van der Waals surface area contributed by atoms with Crippen LogP contribution in [-0.2, 0) is 0 Å². The summed E-state index contributed by atoms with van der Waals surface area (Å²) in [5, 5.41) is 1.19. The van der Waals surface area contributed by atoms with E-state index in [4.69, 9.17) is 9.72 Å². The number of para-hydroxylation sites is 1. The number of hydrogen-bond donors (Lipinski definition) is 0. The number of nitrogens with zero attached hydrogens (tertiary/aromatic N) is 3. The van der Waals surface area contributed by atoms with Gasteiger partial charge in [-0.25, -0.2) is 4.98 Å². The molecule has 1 aliphatic heterocycles. The SMILES string of the molecule is COc1cccc(C(=O)N2CCN(c3cc(C)c4ccccc4n3)CC2)c1. The standard InChI is InChI=1S/C22H23N3O2/c1-16-14-21(23-20-9-4-3-8-19(16)20)24-10-12-25(13-11-24)22(26)17-6-5-7-18(15-17)27-2/h3-9,14-15H,10-13H2,1-2H3. The van der Waals surface area contributed by atoms with E-state index in [9.17, 15) is 4.79 Å². The predicted molar refractivity (Wildman–Crippen MR) is 108 cm³/mol. The topological polar surface area (TPSA) is 45.7 Å². The highest BCUT2D eigenvalue weighted by molar-refractivity contribution is 5.94. The van der Waals surface area contributed by atoms with Gasteiger partial charge in [-0.15, -0.1) is 0 Å². The normalized spacial score (nSPS) is 14.4. The molecular formula is C22H23N3O2. The van der Waals surface area contributed by atoms with E-state index in [1.54, 1.807) is 13.2 Å². The van der Waals surface area contributed by atoms with Crippen molar-refractivity contribution >= 4 is 22.6 Å². The van der Waals surface area contributed by atoms with Gasteiger partial charge in [0.15, 0.2) is 0 Å². The third kappa shape index (κ3) is 3.45. The maximum absolute atomic E-state index is 12.8. The Kier molecular flexibility index (Phi) is 4.67. The van der Waals surface area contributed by atoms with E-state index in [1.807, 2.05) is 41.3 Å². The average molecular weight is 361 g/mol. The first kappa shape index (κ1) is 17.3. The maximum Gasteiger partial charge on any atom is 0.254 e. The minimum absolute atomic E-state index is 0.0520.